The molecular weight excluding hydrogens is 406 g/mol. The van der Waals surface area contributed by atoms with Crippen LogP contribution in [0, 0.1) is 6.92 Å². The maximum atomic E-state index is 5.18. The minimum atomic E-state index is 0.360. The summed E-state index contributed by atoms with van der Waals surface area (Å²) in [5.41, 5.74) is 7.59. The molecule has 0 saturated carbocycles. The van der Waals surface area contributed by atoms with Gasteiger partial charge in [-0.1, -0.05) is 36.9 Å². The average molecular weight is 444 g/mol. The van der Waals surface area contributed by atoms with Crippen LogP contribution in [0.25, 0.3) is 22.4 Å². The van der Waals surface area contributed by atoms with E-state index in [0.717, 1.165) is 64.4 Å². The summed E-state index contributed by atoms with van der Waals surface area (Å²) >= 11 is 0. The lowest BCUT2D eigenvalue weighted by atomic mass is 9.97. The standard InChI is InChI=1S/C28H37N5/c1-7-21(17-29-4)26-15-20(3)27(32-28(26)31-25-13-10-14-30-18-25)24-12-9-11-23(16-24)22(8-2)19-33(5)6/h7-9,11-12,15-17,19,25,30H,2,10,13-14,18H2,1,3-6H3,(H,31,32)/b21-7+,22-19+,29-17?. The molecule has 1 aliphatic heterocycles. The van der Waals surface area contributed by atoms with Crippen LogP contribution in [0.2, 0.25) is 0 Å². The molecule has 5 nitrogen and oxygen atoms in total. The van der Waals surface area contributed by atoms with Crippen molar-refractivity contribution in [1.82, 2.24) is 15.2 Å². The van der Waals surface area contributed by atoms with Gasteiger partial charge in [-0.2, -0.15) is 0 Å². The molecule has 1 aromatic heterocycles. The van der Waals surface area contributed by atoms with Gasteiger partial charge >= 0.3 is 0 Å². The zero-order valence-electron chi connectivity index (χ0n) is 20.7. The van der Waals surface area contributed by atoms with Gasteiger partial charge in [0.05, 0.1) is 5.69 Å². The lowest BCUT2D eigenvalue weighted by molar-refractivity contribution is 0.479. The third-order valence-corrected chi connectivity index (χ3v) is 5.83. The minimum absolute atomic E-state index is 0.360. The number of pyridine rings is 1. The predicted octanol–water partition coefficient (Wildman–Crippen LogP) is 5.41. The Balaban J connectivity index is 2.10. The van der Waals surface area contributed by atoms with Crippen molar-refractivity contribution < 1.29 is 0 Å². The number of anilines is 1. The van der Waals surface area contributed by atoms with Crippen molar-refractivity contribution in [1.29, 1.82) is 0 Å². The number of aromatic nitrogens is 1. The molecule has 1 atom stereocenters. The maximum Gasteiger partial charge on any atom is 0.134 e. The summed E-state index contributed by atoms with van der Waals surface area (Å²) in [5.74, 6) is 0.912. The van der Waals surface area contributed by atoms with Crippen LogP contribution in [0.15, 0.2) is 60.3 Å². The van der Waals surface area contributed by atoms with E-state index >= 15 is 0 Å². The highest BCUT2D eigenvalue weighted by Crippen LogP contribution is 2.32. The predicted molar refractivity (Wildman–Crippen MR) is 144 cm³/mol. The van der Waals surface area contributed by atoms with Crippen LogP contribution in [0.1, 0.15) is 36.5 Å². The molecule has 1 unspecified atom stereocenters. The third-order valence-electron chi connectivity index (χ3n) is 5.83. The Morgan fingerprint density at radius 3 is 2.73 bits per heavy atom. The Morgan fingerprint density at radius 1 is 1.27 bits per heavy atom. The molecule has 2 aromatic rings. The average Bonchev–Trinajstić information content (AvgIpc) is 2.82. The van der Waals surface area contributed by atoms with Crippen molar-refractivity contribution in [2.45, 2.75) is 32.7 Å². The lowest BCUT2D eigenvalue weighted by Gasteiger charge is -2.26. The first kappa shape index (κ1) is 24.5. The number of allylic oxidation sites excluding steroid dienone is 4. The molecule has 1 saturated heterocycles. The number of hydrogen-bond acceptors (Lipinski definition) is 5. The summed E-state index contributed by atoms with van der Waals surface area (Å²) in [6, 6.07) is 11.1. The number of nitrogens with one attached hydrogen (secondary N) is 2. The first-order chi connectivity index (χ1) is 16.0. The Bertz CT molecular complexity index is 1060. The molecule has 0 aliphatic carbocycles. The maximum absolute atomic E-state index is 5.18. The van der Waals surface area contributed by atoms with Crippen LogP contribution in [0.5, 0.6) is 0 Å². The molecule has 3 rings (SSSR count). The second-order valence-corrected chi connectivity index (χ2v) is 8.70. The normalized spacial score (nSPS) is 17.3. The van der Waals surface area contributed by atoms with Gasteiger partial charge in [-0.15, -0.1) is 0 Å². The second-order valence-electron chi connectivity index (χ2n) is 8.70. The summed E-state index contributed by atoms with van der Waals surface area (Å²) < 4.78 is 0. The minimum Gasteiger partial charge on any atom is -0.383 e. The highest BCUT2D eigenvalue weighted by atomic mass is 15.1. The van der Waals surface area contributed by atoms with Gasteiger partial charge < -0.3 is 15.5 Å². The van der Waals surface area contributed by atoms with Crippen molar-refractivity contribution in [2.24, 2.45) is 4.99 Å². The summed E-state index contributed by atoms with van der Waals surface area (Å²) in [6.07, 6.45) is 10.3. The molecular formula is C28H37N5. The van der Waals surface area contributed by atoms with Crippen LogP contribution in [0.4, 0.5) is 5.82 Å². The largest absolute Gasteiger partial charge is 0.383 e. The number of aliphatic imine (C=N–C) groups is 1. The molecule has 0 spiro atoms. The van der Waals surface area contributed by atoms with Crippen molar-refractivity contribution in [2.75, 3.05) is 39.5 Å². The van der Waals surface area contributed by atoms with Crippen LogP contribution in [0.3, 0.4) is 0 Å². The molecule has 1 aromatic carbocycles. The van der Waals surface area contributed by atoms with E-state index in [-0.39, 0.29) is 0 Å². The van der Waals surface area contributed by atoms with Gasteiger partial charge in [-0.3, -0.25) is 4.99 Å². The van der Waals surface area contributed by atoms with E-state index in [4.69, 9.17) is 4.98 Å². The Morgan fingerprint density at radius 2 is 2.09 bits per heavy atom. The van der Waals surface area contributed by atoms with E-state index in [1.54, 1.807) is 7.05 Å². The number of hydrogen-bond donors (Lipinski definition) is 2. The van der Waals surface area contributed by atoms with E-state index in [0.29, 0.717) is 6.04 Å². The Labute approximate surface area is 199 Å². The first-order valence-electron chi connectivity index (χ1n) is 11.7. The lowest BCUT2D eigenvalue weighted by Crippen LogP contribution is -2.38. The fourth-order valence-corrected chi connectivity index (χ4v) is 4.21. The Hall–Kier alpha value is -3.18. The van der Waals surface area contributed by atoms with E-state index in [2.05, 4.69) is 71.7 Å². The van der Waals surface area contributed by atoms with Gasteiger partial charge in [-0.25, -0.2) is 4.98 Å². The monoisotopic (exact) mass is 443 g/mol. The molecule has 1 aliphatic rings. The van der Waals surface area contributed by atoms with Gasteiger partial charge in [-0.05, 0) is 67.6 Å². The van der Waals surface area contributed by atoms with Crippen LogP contribution >= 0.6 is 0 Å². The fourth-order valence-electron chi connectivity index (χ4n) is 4.21. The SMILES string of the molecule is C=C/C(=C\N(C)C)c1cccc(-c2nc(NC3CCCNC3)c(/C(C=NC)=C/C)cc2C)c1. The fraction of sp³-hybridized carbons (Fsp3) is 0.357. The highest BCUT2D eigenvalue weighted by molar-refractivity contribution is 6.11. The van der Waals surface area contributed by atoms with Crippen molar-refractivity contribution in [3.63, 3.8) is 0 Å². The van der Waals surface area contributed by atoms with Gasteiger partial charge in [0, 0.05) is 57.3 Å². The smallest absolute Gasteiger partial charge is 0.134 e. The summed E-state index contributed by atoms with van der Waals surface area (Å²) in [4.78, 5) is 11.5. The summed E-state index contributed by atoms with van der Waals surface area (Å²) in [6.45, 7) is 10.2. The zero-order chi connectivity index (χ0) is 23.8. The quantitative estimate of drug-likeness (QED) is 0.423. The molecule has 174 valence electrons. The molecule has 2 heterocycles. The topological polar surface area (TPSA) is 52.6 Å². The second kappa shape index (κ2) is 11.6. The van der Waals surface area contributed by atoms with E-state index < -0.39 is 0 Å². The van der Waals surface area contributed by atoms with Crippen molar-refractivity contribution in [3.05, 3.63) is 72.0 Å². The molecule has 0 amide bonds. The number of benzene rings is 1. The molecule has 0 radical (unpaired) electrons. The molecule has 5 heteroatoms. The van der Waals surface area contributed by atoms with Gasteiger partial charge in [0.2, 0.25) is 0 Å². The Kier molecular flexibility index (Phi) is 8.61. The molecule has 33 heavy (non-hydrogen) atoms. The molecule has 1 fully saturated rings. The summed E-state index contributed by atoms with van der Waals surface area (Å²) in [5, 5.41) is 7.22. The van der Waals surface area contributed by atoms with Gasteiger partial charge in [0.1, 0.15) is 5.82 Å². The number of piperidine rings is 1. The molecule has 2 N–H and O–H groups in total. The summed E-state index contributed by atoms with van der Waals surface area (Å²) in [7, 11) is 5.85. The number of aryl methyl sites for hydroxylation is 1. The number of rotatable bonds is 8. The van der Waals surface area contributed by atoms with Gasteiger partial charge in [0.25, 0.3) is 0 Å². The van der Waals surface area contributed by atoms with Crippen LogP contribution in [-0.4, -0.2) is 56.4 Å². The van der Waals surface area contributed by atoms with Crippen molar-refractivity contribution >= 4 is 23.2 Å². The molecule has 0 bridgehead atoms. The highest BCUT2D eigenvalue weighted by Gasteiger charge is 2.18. The third kappa shape index (κ3) is 6.20. The van der Waals surface area contributed by atoms with E-state index in [9.17, 15) is 0 Å². The van der Waals surface area contributed by atoms with Crippen LogP contribution in [-0.2, 0) is 0 Å². The van der Waals surface area contributed by atoms with E-state index in [1.807, 2.05) is 38.2 Å². The van der Waals surface area contributed by atoms with Crippen molar-refractivity contribution in [3.8, 4) is 11.3 Å². The van der Waals surface area contributed by atoms with Crippen LogP contribution < -0.4 is 10.6 Å². The van der Waals surface area contributed by atoms with Gasteiger partial charge in [0.15, 0.2) is 0 Å². The van der Waals surface area contributed by atoms with E-state index in [1.165, 1.54) is 6.42 Å². The zero-order valence-corrected chi connectivity index (χ0v) is 20.7. The first-order valence-corrected chi connectivity index (χ1v) is 11.7. The number of nitrogens with zero attached hydrogens (tertiary/aromatic N) is 3.